The van der Waals surface area contributed by atoms with E-state index in [1.165, 1.54) is 23.8 Å². The molecular formula is C29H27ClFN5O4. The minimum Gasteiger partial charge on any atom is -0.477 e. The largest absolute Gasteiger partial charge is 0.477 e. The van der Waals surface area contributed by atoms with Crippen molar-refractivity contribution in [2.24, 2.45) is 0 Å². The third-order valence-corrected chi connectivity index (χ3v) is 7.37. The Labute approximate surface area is 234 Å². The highest BCUT2D eigenvalue weighted by molar-refractivity contribution is 6.30. The van der Waals surface area contributed by atoms with Gasteiger partial charge in [-0.15, -0.1) is 0 Å². The second-order valence-corrected chi connectivity index (χ2v) is 10.4. The number of hydrogen-bond acceptors (Lipinski definition) is 7. The number of ether oxygens (including phenoxy) is 2. The van der Waals surface area contributed by atoms with Crippen LogP contribution in [0.1, 0.15) is 41.3 Å². The van der Waals surface area contributed by atoms with E-state index in [-0.39, 0.29) is 17.5 Å². The van der Waals surface area contributed by atoms with Gasteiger partial charge in [-0.25, -0.2) is 24.1 Å². The number of fused-ring (bicyclic) bond motifs is 1. The van der Waals surface area contributed by atoms with Crippen LogP contribution in [0.15, 0.2) is 54.1 Å². The van der Waals surface area contributed by atoms with Gasteiger partial charge in [0.25, 0.3) is 0 Å². The van der Waals surface area contributed by atoms with Crippen molar-refractivity contribution in [1.29, 1.82) is 0 Å². The zero-order valence-electron chi connectivity index (χ0n) is 21.6. The van der Waals surface area contributed by atoms with E-state index in [0.717, 1.165) is 50.5 Å². The fraction of sp³-hybridized carbons (Fsp3) is 0.310. The number of aromatic carboxylic acids is 1. The number of pyridine rings is 2. The predicted molar refractivity (Wildman–Crippen MR) is 147 cm³/mol. The minimum absolute atomic E-state index is 0.00357. The molecule has 1 N–H and O–H groups in total. The first-order valence-corrected chi connectivity index (χ1v) is 13.5. The molecule has 2 aliphatic rings. The molecule has 0 amide bonds. The van der Waals surface area contributed by atoms with E-state index < -0.39 is 11.8 Å². The third kappa shape index (κ3) is 5.84. The fourth-order valence-corrected chi connectivity index (χ4v) is 5.06. The number of carboxylic acid groups (broad SMARTS) is 1. The maximum Gasteiger partial charge on any atom is 0.354 e. The van der Waals surface area contributed by atoms with Crippen LogP contribution in [0.25, 0.3) is 17.2 Å². The van der Waals surface area contributed by atoms with Crippen LogP contribution < -0.4 is 4.74 Å². The van der Waals surface area contributed by atoms with Gasteiger partial charge in [-0.05, 0) is 61.7 Å². The molecule has 2 saturated heterocycles. The summed E-state index contributed by atoms with van der Waals surface area (Å²) in [6.07, 6.45) is 4.84. The fourth-order valence-electron chi connectivity index (χ4n) is 4.90. The average Bonchev–Trinajstić information content (AvgIpc) is 3.25. The highest BCUT2D eigenvalue weighted by Gasteiger charge is 2.25. The van der Waals surface area contributed by atoms with E-state index in [0.29, 0.717) is 35.2 Å². The topological polar surface area (TPSA) is 103 Å². The van der Waals surface area contributed by atoms with Crippen LogP contribution in [-0.2, 0) is 17.8 Å². The van der Waals surface area contributed by atoms with E-state index >= 15 is 0 Å². The van der Waals surface area contributed by atoms with Gasteiger partial charge in [0.1, 0.15) is 11.3 Å². The number of imidazole rings is 1. The van der Waals surface area contributed by atoms with Gasteiger partial charge in [0.15, 0.2) is 22.9 Å². The second kappa shape index (κ2) is 11.3. The molecule has 206 valence electrons. The summed E-state index contributed by atoms with van der Waals surface area (Å²) in [5, 5.41) is 9.72. The molecule has 1 aromatic carbocycles. The molecule has 0 spiro atoms. The summed E-state index contributed by atoms with van der Waals surface area (Å²) < 4.78 is 27.4. The number of likely N-dealkylation sites (tertiary alicyclic amines) is 1. The molecule has 0 aliphatic carbocycles. The summed E-state index contributed by atoms with van der Waals surface area (Å²) in [4.78, 5) is 27.5. The Hall–Kier alpha value is -3.86. The highest BCUT2D eigenvalue weighted by Crippen LogP contribution is 2.27. The van der Waals surface area contributed by atoms with Crippen LogP contribution in [0.3, 0.4) is 0 Å². The summed E-state index contributed by atoms with van der Waals surface area (Å²) in [5.74, 6) is -0.373. The lowest BCUT2D eigenvalue weighted by atomic mass is 10.0. The zero-order valence-corrected chi connectivity index (χ0v) is 22.4. The van der Waals surface area contributed by atoms with Gasteiger partial charge in [0, 0.05) is 30.8 Å². The zero-order chi connectivity index (χ0) is 27.6. The van der Waals surface area contributed by atoms with Crippen molar-refractivity contribution in [3.8, 4) is 11.6 Å². The molecule has 0 saturated carbocycles. The molecule has 0 radical (unpaired) electrons. The van der Waals surface area contributed by atoms with E-state index in [2.05, 4.69) is 20.9 Å². The lowest BCUT2D eigenvalue weighted by Gasteiger charge is -2.30. The number of rotatable bonds is 8. The molecule has 1 atom stereocenters. The molecule has 5 heterocycles. The van der Waals surface area contributed by atoms with Gasteiger partial charge in [-0.1, -0.05) is 23.2 Å². The Bertz CT molecular complexity index is 1590. The number of hydrogen-bond donors (Lipinski definition) is 1. The normalized spacial score (nSPS) is 17.6. The van der Waals surface area contributed by atoms with Crippen LogP contribution in [0.2, 0.25) is 5.02 Å². The number of halogens is 2. The van der Waals surface area contributed by atoms with Gasteiger partial charge in [-0.2, -0.15) is 0 Å². The maximum atomic E-state index is 14.1. The van der Waals surface area contributed by atoms with E-state index in [1.54, 1.807) is 18.2 Å². The first-order valence-electron chi connectivity index (χ1n) is 13.1. The predicted octanol–water partition coefficient (Wildman–Crippen LogP) is 5.58. The van der Waals surface area contributed by atoms with Crippen molar-refractivity contribution >= 4 is 34.8 Å². The van der Waals surface area contributed by atoms with E-state index in [1.807, 2.05) is 16.7 Å². The Morgan fingerprint density at radius 3 is 2.70 bits per heavy atom. The number of piperidine rings is 1. The minimum atomic E-state index is -1.06. The SMILES string of the molecule is O=C(O)c1ccc2nc(CN3CCC(=Cc4cccc(Oc5ccc(Cl)cc5F)n4)CC3)n(C[C@@H]3CCO3)c2n1. The van der Waals surface area contributed by atoms with Crippen LogP contribution >= 0.6 is 11.6 Å². The Morgan fingerprint density at radius 1 is 1.15 bits per heavy atom. The molecule has 40 heavy (non-hydrogen) atoms. The van der Waals surface area contributed by atoms with Crippen LogP contribution in [0.5, 0.6) is 11.6 Å². The van der Waals surface area contributed by atoms with Crippen molar-refractivity contribution in [1.82, 2.24) is 24.4 Å². The Kier molecular flexibility index (Phi) is 7.46. The van der Waals surface area contributed by atoms with Crippen molar-refractivity contribution in [2.75, 3.05) is 19.7 Å². The molecule has 3 aromatic heterocycles. The number of aromatic nitrogens is 4. The summed E-state index contributed by atoms with van der Waals surface area (Å²) >= 11 is 5.83. The van der Waals surface area contributed by atoms with E-state index in [9.17, 15) is 14.3 Å². The maximum absolute atomic E-state index is 14.1. The van der Waals surface area contributed by atoms with Gasteiger partial charge in [0.2, 0.25) is 5.88 Å². The first kappa shape index (κ1) is 26.4. The quantitative estimate of drug-likeness (QED) is 0.296. The van der Waals surface area contributed by atoms with Gasteiger partial charge >= 0.3 is 5.97 Å². The van der Waals surface area contributed by atoms with Crippen LogP contribution in [0.4, 0.5) is 4.39 Å². The smallest absolute Gasteiger partial charge is 0.354 e. The molecule has 11 heteroatoms. The summed E-state index contributed by atoms with van der Waals surface area (Å²) in [7, 11) is 0. The standard InChI is InChI=1S/C29H27ClFN5O4/c30-19-4-7-25(22(31)15-19)40-27-3-1-2-20(32-27)14-18-8-11-35(12-9-18)17-26-33-23-5-6-24(29(37)38)34-28(23)36(26)16-21-10-13-39-21/h1-7,14-15,21H,8-13,16-17H2,(H,37,38)/t21-/m0/s1. The molecule has 0 bridgehead atoms. The van der Waals surface area contributed by atoms with Crippen LogP contribution in [-0.4, -0.2) is 61.3 Å². The average molecular weight is 564 g/mol. The van der Waals surface area contributed by atoms with Crippen molar-refractivity contribution in [3.05, 3.63) is 82.2 Å². The van der Waals surface area contributed by atoms with E-state index in [4.69, 9.17) is 26.1 Å². The lowest BCUT2D eigenvalue weighted by molar-refractivity contribution is -0.0592. The summed E-state index contributed by atoms with van der Waals surface area (Å²) in [6.45, 7) is 3.66. The van der Waals surface area contributed by atoms with Gasteiger partial charge < -0.3 is 19.1 Å². The molecule has 4 aromatic rings. The highest BCUT2D eigenvalue weighted by atomic mass is 35.5. The third-order valence-electron chi connectivity index (χ3n) is 7.14. The second-order valence-electron chi connectivity index (χ2n) is 9.92. The Morgan fingerprint density at radius 2 is 1.98 bits per heavy atom. The molecule has 6 rings (SSSR count). The Balaban J connectivity index is 1.13. The number of carbonyl (C=O) groups is 1. The molecular weight excluding hydrogens is 537 g/mol. The van der Waals surface area contributed by atoms with Crippen molar-refractivity contribution < 1.29 is 23.8 Å². The number of carboxylic acids is 1. The first-order chi connectivity index (χ1) is 19.4. The molecule has 2 fully saturated rings. The summed E-state index contributed by atoms with van der Waals surface area (Å²) in [5.41, 5.74) is 3.28. The van der Waals surface area contributed by atoms with Crippen LogP contribution in [0, 0.1) is 5.82 Å². The molecule has 9 nitrogen and oxygen atoms in total. The summed E-state index contributed by atoms with van der Waals surface area (Å²) in [6, 6.07) is 12.9. The van der Waals surface area contributed by atoms with Crippen molar-refractivity contribution in [3.63, 3.8) is 0 Å². The van der Waals surface area contributed by atoms with Gasteiger partial charge in [0.05, 0.1) is 24.9 Å². The molecule has 2 aliphatic heterocycles. The number of nitrogens with zero attached hydrogens (tertiary/aromatic N) is 5. The van der Waals surface area contributed by atoms with Crippen molar-refractivity contribution in [2.45, 2.75) is 38.5 Å². The monoisotopic (exact) mass is 563 g/mol. The lowest BCUT2D eigenvalue weighted by Crippen LogP contribution is -2.34. The molecule has 0 unspecified atom stereocenters. The van der Waals surface area contributed by atoms with Gasteiger partial charge in [-0.3, -0.25) is 4.90 Å². The number of benzene rings is 1.